The summed E-state index contributed by atoms with van der Waals surface area (Å²) in [6.07, 6.45) is 4.96. The third-order valence-corrected chi connectivity index (χ3v) is 5.80. The molecule has 0 amide bonds. The van der Waals surface area contributed by atoms with Crippen LogP contribution < -0.4 is 5.32 Å². The van der Waals surface area contributed by atoms with Gasteiger partial charge in [-0.3, -0.25) is 4.99 Å². The van der Waals surface area contributed by atoms with Crippen LogP contribution in [-0.2, 0) is 24.2 Å². The fourth-order valence-electron chi connectivity index (χ4n) is 4.07. The number of hydrogen-bond donors (Lipinski definition) is 1. The van der Waals surface area contributed by atoms with Crippen molar-refractivity contribution in [3.8, 4) is 0 Å². The van der Waals surface area contributed by atoms with Crippen molar-refractivity contribution in [2.75, 3.05) is 26.7 Å². The maximum Gasteiger partial charge on any atom is 0.194 e. The van der Waals surface area contributed by atoms with E-state index in [0.29, 0.717) is 13.2 Å². The zero-order valence-corrected chi connectivity index (χ0v) is 18.4. The van der Waals surface area contributed by atoms with E-state index in [1.54, 1.807) is 0 Å². The molecule has 4 rings (SSSR count). The Kier molecular flexibility index (Phi) is 6.99. The van der Waals surface area contributed by atoms with E-state index in [1.807, 2.05) is 19.4 Å². The number of morpholine rings is 1. The molecule has 1 atom stereocenters. The van der Waals surface area contributed by atoms with E-state index < -0.39 is 0 Å². The van der Waals surface area contributed by atoms with E-state index in [1.165, 1.54) is 16.7 Å². The molecule has 1 aromatic heterocycles. The number of guanidine groups is 1. The van der Waals surface area contributed by atoms with Crippen molar-refractivity contribution < 1.29 is 4.74 Å². The molecule has 0 aliphatic carbocycles. The van der Waals surface area contributed by atoms with Crippen molar-refractivity contribution in [2.24, 2.45) is 4.99 Å². The highest BCUT2D eigenvalue weighted by Gasteiger charge is 2.25. The first-order valence-corrected chi connectivity index (χ1v) is 10.9. The Morgan fingerprint density at radius 2 is 1.97 bits per heavy atom. The van der Waals surface area contributed by atoms with E-state index in [2.05, 4.69) is 86.3 Å². The largest absolute Gasteiger partial charge is 0.370 e. The molecule has 162 valence electrons. The van der Waals surface area contributed by atoms with Crippen LogP contribution in [0.4, 0.5) is 0 Å². The number of benzene rings is 2. The lowest BCUT2D eigenvalue weighted by Crippen LogP contribution is -2.48. The Hall–Kier alpha value is -3.12. The van der Waals surface area contributed by atoms with Crippen molar-refractivity contribution in [3.05, 3.63) is 89.5 Å². The predicted molar refractivity (Wildman–Crippen MR) is 124 cm³/mol. The monoisotopic (exact) mass is 417 g/mol. The summed E-state index contributed by atoms with van der Waals surface area (Å²) in [5.74, 6) is 1.90. The first kappa shape index (κ1) is 21.1. The molecule has 0 radical (unpaired) electrons. The first-order chi connectivity index (χ1) is 15.2. The Morgan fingerprint density at radius 3 is 2.77 bits per heavy atom. The van der Waals surface area contributed by atoms with Gasteiger partial charge in [0.25, 0.3) is 0 Å². The van der Waals surface area contributed by atoms with Crippen LogP contribution in [0.25, 0.3) is 0 Å². The van der Waals surface area contributed by atoms with Gasteiger partial charge in [0, 0.05) is 32.5 Å². The lowest BCUT2D eigenvalue weighted by molar-refractivity contribution is -0.00835. The number of aryl methyl sites for hydroxylation is 3. The summed E-state index contributed by atoms with van der Waals surface area (Å²) < 4.78 is 8.28. The minimum Gasteiger partial charge on any atom is -0.370 e. The zero-order valence-electron chi connectivity index (χ0n) is 18.4. The third kappa shape index (κ3) is 5.33. The van der Waals surface area contributed by atoms with Crippen molar-refractivity contribution in [1.82, 2.24) is 19.8 Å². The van der Waals surface area contributed by atoms with Gasteiger partial charge in [-0.15, -0.1) is 0 Å². The van der Waals surface area contributed by atoms with Crippen LogP contribution in [0.2, 0.25) is 0 Å². The number of rotatable bonds is 6. The van der Waals surface area contributed by atoms with Gasteiger partial charge in [0.05, 0.1) is 19.7 Å². The van der Waals surface area contributed by atoms with Crippen LogP contribution in [-0.4, -0.2) is 47.2 Å². The molecule has 1 aliphatic heterocycles. The molecular formula is C25H31N5O. The summed E-state index contributed by atoms with van der Waals surface area (Å²) in [4.78, 5) is 11.4. The van der Waals surface area contributed by atoms with Crippen LogP contribution in [0.1, 0.15) is 28.6 Å². The van der Waals surface area contributed by atoms with Gasteiger partial charge in [0.15, 0.2) is 5.96 Å². The van der Waals surface area contributed by atoms with Crippen molar-refractivity contribution in [3.63, 3.8) is 0 Å². The van der Waals surface area contributed by atoms with Gasteiger partial charge >= 0.3 is 0 Å². The van der Waals surface area contributed by atoms with E-state index in [-0.39, 0.29) is 6.10 Å². The molecule has 0 spiro atoms. The van der Waals surface area contributed by atoms with Crippen molar-refractivity contribution in [2.45, 2.75) is 32.5 Å². The lowest BCUT2D eigenvalue weighted by Gasteiger charge is -2.35. The predicted octanol–water partition coefficient (Wildman–Crippen LogP) is 3.58. The van der Waals surface area contributed by atoms with Gasteiger partial charge in [-0.1, -0.05) is 54.6 Å². The van der Waals surface area contributed by atoms with E-state index in [9.17, 15) is 0 Å². The number of aliphatic imine (C=N–C) groups is 1. The number of hydrogen-bond acceptors (Lipinski definition) is 3. The van der Waals surface area contributed by atoms with E-state index in [4.69, 9.17) is 4.74 Å². The van der Waals surface area contributed by atoms with Gasteiger partial charge in [-0.05, 0) is 30.0 Å². The smallest absolute Gasteiger partial charge is 0.194 e. The molecule has 1 fully saturated rings. The average Bonchev–Trinajstić information content (AvgIpc) is 3.27. The van der Waals surface area contributed by atoms with E-state index >= 15 is 0 Å². The molecule has 2 aromatic carbocycles. The van der Waals surface area contributed by atoms with Crippen LogP contribution in [0.15, 0.2) is 72.0 Å². The molecule has 0 bridgehead atoms. The first-order valence-electron chi connectivity index (χ1n) is 10.9. The van der Waals surface area contributed by atoms with Crippen LogP contribution in [0.3, 0.4) is 0 Å². The Labute approximate surface area is 184 Å². The maximum absolute atomic E-state index is 6.07. The SMILES string of the molecule is CN=C(NCc1nccn1CCc1ccccc1)N1CCOC(c2ccccc2C)C1. The lowest BCUT2D eigenvalue weighted by atomic mass is 10.0. The molecule has 3 aromatic rings. The van der Waals surface area contributed by atoms with Gasteiger partial charge in [-0.2, -0.15) is 0 Å². The summed E-state index contributed by atoms with van der Waals surface area (Å²) in [7, 11) is 1.84. The normalized spacial score (nSPS) is 17.0. The molecule has 1 unspecified atom stereocenters. The number of imidazole rings is 1. The maximum atomic E-state index is 6.07. The summed E-state index contributed by atoms with van der Waals surface area (Å²) in [6, 6.07) is 19.0. The molecule has 0 saturated carbocycles. The molecule has 6 nitrogen and oxygen atoms in total. The third-order valence-electron chi connectivity index (χ3n) is 5.80. The molecule has 31 heavy (non-hydrogen) atoms. The van der Waals surface area contributed by atoms with Gasteiger partial charge in [0.2, 0.25) is 0 Å². The highest BCUT2D eigenvalue weighted by atomic mass is 16.5. The Bertz CT molecular complexity index is 998. The summed E-state index contributed by atoms with van der Waals surface area (Å²) >= 11 is 0. The van der Waals surface area contributed by atoms with Gasteiger partial charge in [0.1, 0.15) is 11.9 Å². The number of nitrogens with one attached hydrogen (secondary N) is 1. The standard InChI is InChI=1S/C25H31N5O/c1-20-8-6-7-11-22(20)23-19-30(16-17-31-23)25(26-2)28-18-24-27-13-15-29(24)14-12-21-9-4-3-5-10-21/h3-11,13,15,23H,12,14,16-19H2,1-2H3,(H,26,28). The van der Waals surface area contributed by atoms with Crippen LogP contribution in [0.5, 0.6) is 0 Å². The van der Waals surface area contributed by atoms with Crippen molar-refractivity contribution in [1.29, 1.82) is 0 Å². The Balaban J connectivity index is 1.36. The van der Waals surface area contributed by atoms with Crippen molar-refractivity contribution >= 4 is 5.96 Å². The van der Waals surface area contributed by atoms with Gasteiger partial charge < -0.3 is 19.5 Å². The quantitative estimate of drug-likeness (QED) is 0.492. The molecule has 6 heteroatoms. The minimum absolute atomic E-state index is 0.0568. The number of ether oxygens (including phenoxy) is 1. The Morgan fingerprint density at radius 1 is 1.16 bits per heavy atom. The highest BCUT2D eigenvalue weighted by Crippen LogP contribution is 2.25. The topological polar surface area (TPSA) is 54.7 Å². The van der Waals surface area contributed by atoms with Crippen LogP contribution >= 0.6 is 0 Å². The van der Waals surface area contributed by atoms with Gasteiger partial charge in [-0.25, -0.2) is 4.98 Å². The summed E-state index contributed by atoms with van der Waals surface area (Å²) in [6.45, 7) is 5.98. The van der Waals surface area contributed by atoms with E-state index in [0.717, 1.165) is 37.8 Å². The fraction of sp³-hybridized carbons (Fsp3) is 0.360. The number of nitrogens with zero attached hydrogens (tertiary/aromatic N) is 4. The molecule has 1 saturated heterocycles. The fourth-order valence-corrected chi connectivity index (χ4v) is 4.07. The minimum atomic E-state index is 0.0568. The summed E-state index contributed by atoms with van der Waals surface area (Å²) in [5.41, 5.74) is 3.85. The second-order valence-electron chi connectivity index (χ2n) is 7.84. The molecule has 1 aliphatic rings. The highest BCUT2D eigenvalue weighted by molar-refractivity contribution is 5.80. The number of aromatic nitrogens is 2. The molecule has 2 heterocycles. The second-order valence-corrected chi connectivity index (χ2v) is 7.84. The summed E-state index contributed by atoms with van der Waals surface area (Å²) in [5, 5.41) is 3.50. The average molecular weight is 418 g/mol. The van der Waals surface area contributed by atoms with Crippen LogP contribution in [0, 0.1) is 6.92 Å². The second kappa shape index (κ2) is 10.3. The zero-order chi connectivity index (χ0) is 21.5. The molecular weight excluding hydrogens is 386 g/mol. The molecule has 1 N–H and O–H groups in total.